The van der Waals surface area contributed by atoms with Gasteiger partial charge in [-0.1, -0.05) is 31.4 Å². The van der Waals surface area contributed by atoms with Crippen LogP contribution in [-0.2, 0) is 17.9 Å². The van der Waals surface area contributed by atoms with Gasteiger partial charge >= 0.3 is 0 Å². The summed E-state index contributed by atoms with van der Waals surface area (Å²) in [6, 6.07) is 8.55. The molecule has 1 aromatic heterocycles. The number of hydrogen-bond acceptors (Lipinski definition) is 6. The fourth-order valence-corrected chi connectivity index (χ4v) is 5.13. The molecule has 0 spiro atoms. The number of carbonyl (C=O) groups is 1. The molecule has 1 aliphatic carbocycles. The van der Waals surface area contributed by atoms with Crippen molar-refractivity contribution in [2.75, 3.05) is 20.2 Å². The molecule has 8 nitrogen and oxygen atoms in total. The molecule has 1 amide bonds. The lowest BCUT2D eigenvalue weighted by Crippen LogP contribution is -2.46. The van der Waals surface area contributed by atoms with Gasteiger partial charge in [0, 0.05) is 32.1 Å². The van der Waals surface area contributed by atoms with E-state index in [-0.39, 0.29) is 17.4 Å². The van der Waals surface area contributed by atoms with E-state index in [2.05, 4.69) is 37.9 Å². The van der Waals surface area contributed by atoms with E-state index < -0.39 is 0 Å². The van der Waals surface area contributed by atoms with Crippen molar-refractivity contribution in [3.63, 3.8) is 0 Å². The minimum absolute atomic E-state index is 0.0211. The number of benzene rings is 1. The summed E-state index contributed by atoms with van der Waals surface area (Å²) >= 11 is 0. The molecule has 4 rings (SSSR count). The van der Waals surface area contributed by atoms with Crippen LogP contribution in [0.2, 0.25) is 0 Å². The Morgan fingerprint density at radius 2 is 1.90 bits per heavy atom. The summed E-state index contributed by atoms with van der Waals surface area (Å²) in [4.78, 5) is 15.4. The number of amides is 1. The third-order valence-corrected chi connectivity index (χ3v) is 6.86. The van der Waals surface area contributed by atoms with Crippen LogP contribution in [0.3, 0.4) is 0 Å². The summed E-state index contributed by atoms with van der Waals surface area (Å²) in [6.07, 6.45) is 9.99. The number of rotatable bonds is 8. The van der Waals surface area contributed by atoms with E-state index in [0.29, 0.717) is 6.42 Å². The molecular formula is C23H34N6O2. The Balaban J connectivity index is 1.25. The molecule has 2 fully saturated rings. The Morgan fingerprint density at radius 3 is 2.55 bits per heavy atom. The van der Waals surface area contributed by atoms with E-state index >= 15 is 0 Å². The fourth-order valence-electron chi connectivity index (χ4n) is 5.13. The van der Waals surface area contributed by atoms with Gasteiger partial charge in [-0.25, -0.2) is 4.68 Å². The van der Waals surface area contributed by atoms with Gasteiger partial charge in [-0.3, -0.25) is 9.69 Å². The standard InChI is InChI=1S/C23H34N6O2/c1-31-21-7-5-19(6-8-21)16-28-13-9-20(10-14-28)25-22(30)15-23(11-3-2-4-12-23)17-29-18-24-26-27-29/h5-8,18,20H,2-4,9-17H2,1H3,(H,25,30). The lowest BCUT2D eigenvalue weighted by Gasteiger charge is -2.37. The molecule has 168 valence electrons. The van der Waals surface area contributed by atoms with Crippen LogP contribution in [0.1, 0.15) is 56.9 Å². The average Bonchev–Trinajstić information content (AvgIpc) is 3.29. The van der Waals surface area contributed by atoms with Crippen LogP contribution in [0.15, 0.2) is 30.6 Å². The monoisotopic (exact) mass is 426 g/mol. The Bertz CT molecular complexity index is 809. The van der Waals surface area contributed by atoms with Crippen LogP contribution in [0.4, 0.5) is 0 Å². The predicted octanol–water partition coefficient (Wildman–Crippen LogP) is 2.80. The molecule has 1 aliphatic heterocycles. The minimum atomic E-state index is -0.0211. The highest BCUT2D eigenvalue weighted by Gasteiger charge is 2.36. The van der Waals surface area contributed by atoms with Gasteiger partial charge in [-0.15, -0.1) is 5.10 Å². The Hall–Kier alpha value is -2.48. The summed E-state index contributed by atoms with van der Waals surface area (Å²) in [5.74, 6) is 1.07. The first-order valence-electron chi connectivity index (χ1n) is 11.5. The lowest BCUT2D eigenvalue weighted by atomic mass is 9.71. The number of tetrazole rings is 1. The summed E-state index contributed by atoms with van der Waals surface area (Å²) in [5, 5.41) is 14.9. The number of carbonyl (C=O) groups excluding carboxylic acids is 1. The van der Waals surface area contributed by atoms with Crippen LogP contribution in [0.5, 0.6) is 5.75 Å². The summed E-state index contributed by atoms with van der Waals surface area (Å²) < 4.78 is 7.02. The third kappa shape index (κ3) is 6.03. The highest BCUT2D eigenvalue weighted by Crippen LogP contribution is 2.40. The molecule has 1 N–H and O–H groups in total. The fraction of sp³-hybridized carbons (Fsp3) is 0.652. The van der Waals surface area contributed by atoms with Crippen molar-refractivity contribution >= 4 is 5.91 Å². The molecule has 1 saturated carbocycles. The molecule has 31 heavy (non-hydrogen) atoms. The van der Waals surface area contributed by atoms with E-state index in [1.54, 1.807) is 18.1 Å². The van der Waals surface area contributed by atoms with Gasteiger partial charge in [0.05, 0.1) is 13.7 Å². The van der Waals surface area contributed by atoms with Crippen LogP contribution in [-0.4, -0.2) is 57.3 Å². The van der Waals surface area contributed by atoms with E-state index in [0.717, 1.165) is 57.6 Å². The van der Waals surface area contributed by atoms with E-state index in [9.17, 15) is 4.79 Å². The Morgan fingerprint density at radius 1 is 1.16 bits per heavy atom. The van der Waals surface area contributed by atoms with Crippen molar-refractivity contribution in [2.45, 2.75) is 70.5 Å². The zero-order chi connectivity index (χ0) is 21.5. The second-order valence-electron chi connectivity index (χ2n) is 9.21. The molecular weight excluding hydrogens is 392 g/mol. The van der Waals surface area contributed by atoms with Crippen molar-refractivity contribution in [3.05, 3.63) is 36.2 Å². The number of ether oxygens (including phenoxy) is 1. The summed E-state index contributed by atoms with van der Waals surface area (Å²) in [5.41, 5.74) is 1.28. The van der Waals surface area contributed by atoms with Gasteiger partial charge in [-0.2, -0.15) is 0 Å². The maximum absolute atomic E-state index is 12.9. The first-order valence-corrected chi connectivity index (χ1v) is 11.5. The smallest absolute Gasteiger partial charge is 0.220 e. The van der Waals surface area contributed by atoms with Crippen molar-refractivity contribution in [2.24, 2.45) is 5.41 Å². The number of nitrogens with zero attached hydrogens (tertiary/aromatic N) is 5. The first-order chi connectivity index (χ1) is 15.1. The maximum atomic E-state index is 12.9. The lowest BCUT2D eigenvalue weighted by molar-refractivity contribution is -0.125. The number of piperidine rings is 1. The Labute approximate surface area is 184 Å². The number of likely N-dealkylation sites (tertiary alicyclic amines) is 1. The quantitative estimate of drug-likeness (QED) is 0.699. The van der Waals surface area contributed by atoms with Crippen LogP contribution < -0.4 is 10.1 Å². The number of aromatic nitrogens is 4. The van der Waals surface area contributed by atoms with Crippen molar-refractivity contribution < 1.29 is 9.53 Å². The zero-order valence-corrected chi connectivity index (χ0v) is 18.5. The molecule has 8 heteroatoms. The SMILES string of the molecule is COc1ccc(CN2CCC(NC(=O)CC3(Cn4cnnn4)CCCCC3)CC2)cc1. The molecule has 2 heterocycles. The normalized spacial score (nSPS) is 19.8. The predicted molar refractivity (Wildman–Crippen MR) is 117 cm³/mol. The van der Waals surface area contributed by atoms with Gasteiger partial charge in [0.25, 0.3) is 0 Å². The van der Waals surface area contributed by atoms with E-state index in [1.807, 2.05) is 12.1 Å². The molecule has 1 aromatic carbocycles. The average molecular weight is 427 g/mol. The molecule has 0 unspecified atom stereocenters. The van der Waals surface area contributed by atoms with Gasteiger partial charge in [0.15, 0.2) is 0 Å². The first kappa shape index (κ1) is 21.7. The van der Waals surface area contributed by atoms with Gasteiger partial charge in [-0.05, 0) is 59.2 Å². The molecule has 2 aliphatic rings. The van der Waals surface area contributed by atoms with Gasteiger partial charge < -0.3 is 10.1 Å². The molecule has 0 atom stereocenters. The second-order valence-corrected chi connectivity index (χ2v) is 9.21. The zero-order valence-electron chi connectivity index (χ0n) is 18.5. The highest BCUT2D eigenvalue weighted by atomic mass is 16.5. The van der Waals surface area contributed by atoms with Crippen molar-refractivity contribution in [1.29, 1.82) is 0 Å². The van der Waals surface area contributed by atoms with Crippen molar-refractivity contribution in [1.82, 2.24) is 30.4 Å². The largest absolute Gasteiger partial charge is 0.497 e. The Kier molecular flexibility index (Phi) is 7.17. The van der Waals surface area contributed by atoms with Crippen LogP contribution in [0, 0.1) is 5.41 Å². The van der Waals surface area contributed by atoms with E-state index in [1.165, 1.54) is 24.8 Å². The second kappa shape index (κ2) is 10.2. The highest BCUT2D eigenvalue weighted by molar-refractivity contribution is 5.77. The van der Waals surface area contributed by atoms with E-state index in [4.69, 9.17) is 4.74 Å². The third-order valence-electron chi connectivity index (χ3n) is 6.86. The number of methoxy groups -OCH3 is 1. The number of hydrogen-bond donors (Lipinski definition) is 1. The summed E-state index contributed by atoms with van der Waals surface area (Å²) in [6.45, 7) is 3.69. The minimum Gasteiger partial charge on any atom is -0.497 e. The molecule has 1 saturated heterocycles. The van der Waals surface area contributed by atoms with Gasteiger partial charge in [0.1, 0.15) is 12.1 Å². The number of nitrogens with one attached hydrogen (secondary N) is 1. The van der Waals surface area contributed by atoms with Crippen molar-refractivity contribution in [3.8, 4) is 5.75 Å². The van der Waals surface area contributed by atoms with Crippen LogP contribution in [0.25, 0.3) is 0 Å². The maximum Gasteiger partial charge on any atom is 0.220 e. The van der Waals surface area contributed by atoms with Crippen LogP contribution >= 0.6 is 0 Å². The molecule has 2 aromatic rings. The molecule has 0 radical (unpaired) electrons. The topological polar surface area (TPSA) is 85.2 Å². The summed E-state index contributed by atoms with van der Waals surface area (Å²) in [7, 11) is 1.69. The molecule has 0 bridgehead atoms. The van der Waals surface area contributed by atoms with Gasteiger partial charge in [0.2, 0.25) is 5.91 Å².